The Morgan fingerprint density at radius 3 is 3.32 bits per heavy atom. The maximum absolute atomic E-state index is 11.5. The quantitative estimate of drug-likeness (QED) is 0.715. The van der Waals surface area contributed by atoms with Crippen molar-refractivity contribution >= 4 is 22.8 Å². The molecule has 0 aromatic rings. The van der Waals surface area contributed by atoms with E-state index in [1.807, 2.05) is 0 Å². The first-order chi connectivity index (χ1) is 9.29. The maximum Gasteiger partial charge on any atom is 0.221 e. The number of fused-ring (bicyclic) bond motifs is 1. The molecule has 2 rings (SSSR count). The highest BCUT2D eigenvalue weighted by molar-refractivity contribution is 8.13. The van der Waals surface area contributed by atoms with Crippen molar-refractivity contribution in [3.63, 3.8) is 0 Å². The third-order valence-corrected chi connectivity index (χ3v) is 4.74. The fourth-order valence-electron chi connectivity index (χ4n) is 2.54. The molecule has 2 atom stereocenters. The largest absolute Gasteiger partial charge is 0.383 e. The number of amides is 1. The van der Waals surface area contributed by atoms with E-state index in [4.69, 9.17) is 4.74 Å². The van der Waals surface area contributed by atoms with Crippen LogP contribution < -0.4 is 10.6 Å². The normalized spacial score (nSPS) is 27.9. The van der Waals surface area contributed by atoms with Gasteiger partial charge in [-0.1, -0.05) is 18.2 Å². The van der Waals surface area contributed by atoms with Gasteiger partial charge in [-0.05, 0) is 18.8 Å². The van der Waals surface area contributed by atoms with Crippen LogP contribution in [0.4, 0.5) is 0 Å². The van der Waals surface area contributed by atoms with E-state index in [0.29, 0.717) is 32.2 Å². The molecule has 6 heteroatoms. The summed E-state index contributed by atoms with van der Waals surface area (Å²) in [5.74, 6) is 2.04. The van der Waals surface area contributed by atoms with E-state index in [0.717, 1.165) is 11.1 Å². The summed E-state index contributed by atoms with van der Waals surface area (Å²) in [4.78, 5) is 16.0. The van der Waals surface area contributed by atoms with Crippen LogP contribution in [0.5, 0.6) is 0 Å². The highest BCUT2D eigenvalue weighted by atomic mass is 32.2. The van der Waals surface area contributed by atoms with Gasteiger partial charge in [0.15, 0.2) is 5.17 Å². The third kappa shape index (κ3) is 4.69. The number of nitrogens with one attached hydrogen (secondary N) is 2. The van der Waals surface area contributed by atoms with Crippen molar-refractivity contribution < 1.29 is 9.53 Å². The summed E-state index contributed by atoms with van der Waals surface area (Å²) >= 11 is 1.80. The van der Waals surface area contributed by atoms with Gasteiger partial charge in [0, 0.05) is 31.9 Å². The maximum atomic E-state index is 11.5. The molecule has 1 amide bonds. The molecule has 2 N–H and O–H groups in total. The summed E-state index contributed by atoms with van der Waals surface area (Å²) in [5.41, 5.74) is 0. The van der Waals surface area contributed by atoms with E-state index in [1.165, 1.54) is 25.0 Å². The van der Waals surface area contributed by atoms with E-state index in [-0.39, 0.29) is 5.91 Å². The third-order valence-electron chi connectivity index (χ3n) is 3.62. The van der Waals surface area contributed by atoms with Crippen LogP contribution in [-0.2, 0) is 9.53 Å². The zero-order valence-electron chi connectivity index (χ0n) is 11.5. The molecular weight excluding hydrogens is 262 g/mol. The number of hydrogen-bond donors (Lipinski definition) is 2. The van der Waals surface area contributed by atoms with Crippen molar-refractivity contribution in [3.8, 4) is 0 Å². The molecular formula is C13H23N3O2S. The van der Waals surface area contributed by atoms with Crippen LogP contribution >= 0.6 is 11.8 Å². The highest BCUT2D eigenvalue weighted by Crippen LogP contribution is 2.32. The van der Waals surface area contributed by atoms with Gasteiger partial charge < -0.3 is 15.4 Å². The Morgan fingerprint density at radius 2 is 2.47 bits per heavy atom. The summed E-state index contributed by atoms with van der Waals surface area (Å²) in [5, 5.41) is 7.32. The molecule has 19 heavy (non-hydrogen) atoms. The lowest BCUT2D eigenvalue weighted by Crippen LogP contribution is -2.41. The van der Waals surface area contributed by atoms with Crippen LogP contribution in [0.2, 0.25) is 0 Å². The van der Waals surface area contributed by atoms with Crippen molar-refractivity contribution in [1.82, 2.24) is 10.6 Å². The van der Waals surface area contributed by atoms with Crippen molar-refractivity contribution in [3.05, 3.63) is 0 Å². The Bertz CT molecular complexity index is 336. The molecule has 1 saturated heterocycles. The van der Waals surface area contributed by atoms with Gasteiger partial charge >= 0.3 is 0 Å². The zero-order valence-corrected chi connectivity index (χ0v) is 12.3. The number of aliphatic imine (C=N–C) groups is 1. The predicted octanol–water partition coefficient (Wildman–Crippen LogP) is 1.00. The monoisotopic (exact) mass is 285 g/mol. The van der Waals surface area contributed by atoms with Gasteiger partial charge in [-0.25, -0.2) is 0 Å². The van der Waals surface area contributed by atoms with E-state index < -0.39 is 0 Å². The number of rotatable bonds is 6. The first-order valence-corrected chi connectivity index (χ1v) is 7.97. The van der Waals surface area contributed by atoms with E-state index in [1.54, 1.807) is 18.9 Å². The second kappa shape index (κ2) is 7.75. The van der Waals surface area contributed by atoms with Gasteiger partial charge in [0.25, 0.3) is 0 Å². The Hall–Kier alpha value is -0.750. The minimum atomic E-state index is 0.0425. The number of carbonyl (C=O) groups is 1. The van der Waals surface area contributed by atoms with Crippen LogP contribution in [0.1, 0.15) is 25.7 Å². The Kier molecular flexibility index (Phi) is 5.97. The van der Waals surface area contributed by atoms with Gasteiger partial charge in [0.2, 0.25) is 5.91 Å². The molecule has 1 heterocycles. The zero-order chi connectivity index (χ0) is 13.5. The van der Waals surface area contributed by atoms with Crippen LogP contribution in [0.3, 0.4) is 0 Å². The fourth-order valence-corrected chi connectivity index (χ4v) is 3.73. The molecule has 1 aliphatic heterocycles. The summed E-state index contributed by atoms with van der Waals surface area (Å²) in [7, 11) is 1.63. The van der Waals surface area contributed by atoms with Gasteiger partial charge in [-0.15, -0.1) is 0 Å². The van der Waals surface area contributed by atoms with Crippen molar-refractivity contribution in [1.29, 1.82) is 0 Å². The topological polar surface area (TPSA) is 62.7 Å². The first kappa shape index (κ1) is 14.7. The minimum Gasteiger partial charge on any atom is -0.383 e. The number of thioether (sulfide) groups is 1. The second-order valence-corrected chi connectivity index (χ2v) is 6.04. The Balaban J connectivity index is 1.64. The smallest absolute Gasteiger partial charge is 0.221 e. The molecule has 0 radical (unpaired) electrons. The molecule has 0 bridgehead atoms. The number of methoxy groups -OCH3 is 1. The van der Waals surface area contributed by atoms with Crippen molar-refractivity contribution in [2.24, 2.45) is 10.9 Å². The number of hydrogen-bond acceptors (Lipinski definition) is 4. The average Bonchev–Trinajstić information content (AvgIpc) is 2.86. The molecule has 1 saturated carbocycles. The molecule has 108 valence electrons. The van der Waals surface area contributed by atoms with Crippen LogP contribution in [-0.4, -0.2) is 49.7 Å². The van der Waals surface area contributed by atoms with E-state index >= 15 is 0 Å². The predicted molar refractivity (Wildman–Crippen MR) is 78.5 cm³/mol. The molecule has 2 unspecified atom stereocenters. The lowest BCUT2D eigenvalue weighted by molar-refractivity contribution is -0.121. The van der Waals surface area contributed by atoms with E-state index in [2.05, 4.69) is 15.6 Å². The standard InChI is InChI=1S/C13H23N3O2S/c1-18-8-7-14-12(17)5-6-15-13-16-11-4-2-3-10(11)9-19-13/h10-11H,2-9H2,1H3,(H,14,17)(H,15,16). The van der Waals surface area contributed by atoms with Gasteiger partial charge in [-0.3, -0.25) is 9.79 Å². The van der Waals surface area contributed by atoms with Crippen LogP contribution in [0, 0.1) is 5.92 Å². The van der Waals surface area contributed by atoms with Gasteiger partial charge in [-0.2, -0.15) is 0 Å². The summed E-state index contributed by atoms with van der Waals surface area (Å²) in [6.45, 7) is 1.69. The molecule has 0 aromatic carbocycles. The van der Waals surface area contributed by atoms with Crippen molar-refractivity contribution in [2.45, 2.75) is 31.7 Å². The van der Waals surface area contributed by atoms with Crippen molar-refractivity contribution in [2.75, 3.05) is 32.6 Å². The van der Waals surface area contributed by atoms with Gasteiger partial charge in [0.1, 0.15) is 0 Å². The van der Waals surface area contributed by atoms with Crippen LogP contribution in [0.15, 0.2) is 4.99 Å². The van der Waals surface area contributed by atoms with Crippen LogP contribution in [0.25, 0.3) is 0 Å². The second-order valence-electron chi connectivity index (χ2n) is 5.03. The molecule has 0 spiro atoms. The average molecular weight is 285 g/mol. The van der Waals surface area contributed by atoms with E-state index in [9.17, 15) is 4.79 Å². The Labute approximate surface area is 119 Å². The Morgan fingerprint density at radius 1 is 1.58 bits per heavy atom. The molecule has 2 fully saturated rings. The summed E-state index contributed by atoms with van der Waals surface area (Å²) < 4.78 is 4.88. The number of carbonyl (C=O) groups excluding carboxylic acids is 1. The SMILES string of the molecule is COCCNC(=O)CCN=C1NC2CCCC2CS1. The molecule has 1 aliphatic carbocycles. The molecule has 2 aliphatic rings. The number of nitrogens with zero attached hydrogens (tertiary/aromatic N) is 1. The first-order valence-electron chi connectivity index (χ1n) is 6.99. The summed E-state index contributed by atoms with van der Waals surface area (Å²) in [6.07, 6.45) is 4.39. The number of amidine groups is 1. The lowest BCUT2D eigenvalue weighted by atomic mass is 10.1. The highest BCUT2D eigenvalue weighted by Gasteiger charge is 2.31. The number of ether oxygens (including phenoxy) is 1. The minimum absolute atomic E-state index is 0.0425. The molecule has 0 aromatic heterocycles. The van der Waals surface area contributed by atoms with Gasteiger partial charge in [0.05, 0.1) is 13.2 Å². The summed E-state index contributed by atoms with van der Waals surface area (Å²) in [6, 6.07) is 0.621. The molecule has 5 nitrogen and oxygen atoms in total. The lowest BCUT2D eigenvalue weighted by Gasteiger charge is -2.28. The fraction of sp³-hybridized carbons (Fsp3) is 0.846.